The first kappa shape index (κ1) is 14.8. The fourth-order valence-electron chi connectivity index (χ4n) is 1.39. The van der Waals surface area contributed by atoms with Gasteiger partial charge in [0, 0.05) is 0 Å². The lowest BCUT2D eigenvalue weighted by molar-refractivity contribution is 0.0711. The maximum Gasteiger partial charge on any atom is 0.429 e. The zero-order valence-electron chi connectivity index (χ0n) is 11.1. The number of amides is 2. The first-order valence-electron chi connectivity index (χ1n) is 6.09. The molecule has 0 fully saturated rings. The molecule has 104 valence electrons. The molecule has 1 aromatic rings. The van der Waals surface area contributed by atoms with Gasteiger partial charge in [-0.15, -0.1) is 0 Å². The third-order valence-electron chi connectivity index (χ3n) is 2.17. The van der Waals surface area contributed by atoms with Crippen molar-refractivity contribution in [1.29, 1.82) is 0 Å². The Hall–Kier alpha value is -2.24. The maximum atomic E-state index is 11.7. The lowest BCUT2D eigenvalue weighted by Gasteiger charge is -2.21. The number of ether oxygens (including phenoxy) is 2. The summed E-state index contributed by atoms with van der Waals surface area (Å²) >= 11 is 0. The van der Waals surface area contributed by atoms with Crippen molar-refractivity contribution in [2.45, 2.75) is 20.4 Å². The van der Waals surface area contributed by atoms with E-state index < -0.39 is 12.2 Å². The third kappa shape index (κ3) is 5.29. The predicted octanol–water partition coefficient (Wildman–Crippen LogP) is 2.31. The quantitative estimate of drug-likeness (QED) is 0.849. The molecule has 0 atom stereocenters. The molecule has 19 heavy (non-hydrogen) atoms. The highest BCUT2D eigenvalue weighted by Crippen LogP contribution is 2.04. The van der Waals surface area contributed by atoms with Crippen molar-refractivity contribution >= 4 is 12.2 Å². The van der Waals surface area contributed by atoms with Crippen LogP contribution in [0.15, 0.2) is 30.3 Å². The fraction of sp³-hybridized carbons (Fsp3) is 0.385. The zero-order chi connectivity index (χ0) is 14.1. The van der Waals surface area contributed by atoms with E-state index in [4.69, 9.17) is 9.47 Å². The summed E-state index contributed by atoms with van der Waals surface area (Å²) in [6.07, 6.45) is -1.31. The van der Waals surface area contributed by atoms with Crippen molar-refractivity contribution in [3.05, 3.63) is 35.9 Å². The fourth-order valence-corrected chi connectivity index (χ4v) is 1.39. The Kier molecular flexibility index (Phi) is 6.21. The first-order valence-corrected chi connectivity index (χ1v) is 6.09. The van der Waals surface area contributed by atoms with Crippen LogP contribution in [0.4, 0.5) is 9.59 Å². The minimum Gasteiger partial charge on any atom is -0.449 e. The van der Waals surface area contributed by atoms with Gasteiger partial charge in [-0.05, 0) is 19.4 Å². The molecule has 0 saturated carbocycles. The molecule has 0 saturated heterocycles. The Labute approximate surface area is 112 Å². The zero-order valence-corrected chi connectivity index (χ0v) is 11.1. The van der Waals surface area contributed by atoms with Crippen LogP contribution in [0, 0.1) is 0 Å². The molecule has 0 unspecified atom stereocenters. The first-order chi connectivity index (χ1) is 9.17. The number of nitrogens with zero attached hydrogens (tertiary/aromatic N) is 1. The van der Waals surface area contributed by atoms with Crippen LogP contribution in [-0.2, 0) is 16.0 Å². The molecular weight excluding hydrogens is 248 g/mol. The van der Waals surface area contributed by atoms with Gasteiger partial charge in [0.2, 0.25) is 0 Å². The highest BCUT2D eigenvalue weighted by Gasteiger charge is 2.18. The van der Waals surface area contributed by atoms with E-state index in [9.17, 15) is 9.59 Å². The molecule has 0 heterocycles. The van der Waals surface area contributed by atoms with E-state index in [1.54, 1.807) is 13.8 Å². The van der Waals surface area contributed by atoms with Crippen LogP contribution >= 0.6 is 0 Å². The molecule has 1 N–H and O–H groups in total. The molecule has 0 radical (unpaired) electrons. The van der Waals surface area contributed by atoms with Crippen molar-refractivity contribution in [3.8, 4) is 0 Å². The van der Waals surface area contributed by atoms with E-state index in [2.05, 4.69) is 5.43 Å². The Morgan fingerprint density at radius 1 is 1.11 bits per heavy atom. The molecule has 0 aromatic heterocycles. The topological polar surface area (TPSA) is 67.9 Å². The van der Waals surface area contributed by atoms with Gasteiger partial charge in [-0.1, -0.05) is 30.3 Å². The highest BCUT2D eigenvalue weighted by molar-refractivity contribution is 5.73. The van der Waals surface area contributed by atoms with Gasteiger partial charge < -0.3 is 9.47 Å². The van der Waals surface area contributed by atoms with Crippen molar-refractivity contribution in [2.75, 3.05) is 13.2 Å². The largest absolute Gasteiger partial charge is 0.449 e. The van der Waals surface area contributed by atoms with Crippen molar-refractivity contribution < 1.29 is 19.1 Å². The molecule has 0 aliphatic heterocycles. The molecule has 0 aliphatic carbocycles. The van der Waals surface area contributed by atoms with Gasteiger partial charge in [0.25, 0.3) is 0 Å². The van der Waals surface area contributed by atoms with Gasteiger partial charge in [0.05, 0.1) is 19.8 Å². The minimum absolute atomic E-state index is 0.207. The normalized spacial score (nSPS) is 9.58. The number of nitrogens with one attached hydrogen (secondary N) is 1. The van der Waals surface area contributed by atoms with E-state index in [1.165, 1.54) is 0 Å². The smallest absolute Gasteiger partial charge is 0.429 e. The van der Waals surface area contributed by atoms with Gasteiger partial charge in [-0.25, -0.2) is 20.0 Å². The highest BCUT2D eigenvalue weighted by atomic mass is 16.6. The molecule has 6 nitrogen and oxygen atoms in total. The monoisotopic (exact) mass is 266 g/mol. The standard InChI is InChI=1S/C13H18N2O4/c1-3-18-12(16)14-15(13(17)19-4-2)10-11-8-6-5-7-9-11/h5-9H,3-4,10H2,1-2H3,(H,14,16). The SMILES string of the molecule is CCOC(=O)NN(Cc1ccccc1)C(=O)OCC. The Bertz CT molecular complexity index is 408. The predicted molar refractivity (Wildman–Crippen MR) is 69.2 cm³/mol. The molecule has 1 rings (SSSR count). The number of carbonyl (C=O) groups excluding carboxylic acids is 2. The van der Waals surface area contributed by atoms with Crippen molar-refractivity contribution in [1.82, 2.24) is 10.4 Å². The number of hydrogen-bond acceptors (Lipinski definition) is 4. The van der Waals surface area contributed by atoms with Gasteiger partial charge in [0.1, 0.15) is 0 Å². The summed E-state index contributed by atoms with van der Waals surface area (Å²) in [4.78, 5) is 23.1. The number of hydrazine groups is 1. The lowest BCUT2D eigenvalue weighted by atomic mass is 10.2. The van der Waals surface area contributed by atoms with Crippen molar-refractivity contribution in [3.63, 3.8) is 0 Å². The molecule has 1 aromatic carbocycles. The summed E-state index contributed by atoms with van der Waals surface area (Å²) in [6.45, 7) is 4.05. The van der Waals surface area contributed by atoms with Crippen molar-refractivity contribution in [2.24, 2.45) is 0 Å². The summed E-state index contributed by atoms with van der Waals surface area (Å²) in [5.41, 5.74) is 3.22. The summed E-state index contributed by atoms with van der Waals surface area (Å²) in [6, 6.07) is 9.27. The van der Waals surface area contributed by atoms with Gasteiger partial charge in [-0.3, -0.25) is 0 Å². The summed E-state index contributed by atoms with van der Waals surface area (Å²) in [5.74, 6) is 0. The molecule has 2 amide bonds. The van der Waals surface area contributed by atoms with Gasteiger partial charge >= 0.3 is 12.2 Å². The maximum absolute atomic E-state index is 11.7. The molecule has 0 spiro atoms. The van der Waals surface area contributed by atoms with Crippen LogP contribution in [0.25, 0.3) is 0 Å². The Balaban J connectivity index is 2.69. The number of hydrogen-bond donors (Lipinski definition) is 1. The van der Waals surface area contributed by atoms with Gasteiger partial charge in [0.15, 0.2) is 0 Å². The van der Waals surface area contributed by atoms with Crippen LogP contribution in [0.5, 0.6) is 0 Å². The third-order valence-corrected chi connectivity index (χ3v) is 2.17. The van der Waals surface area contributed by atoms with Gasteiger partial charge in [-0.2, -0.15) is 0 Å². The average Bonchev–Trinajstić information content (AvgIpc) is 2.40. The van der Waals surface area contributed by atoms with Crippen LogP contribution in [-0.4, -0.2) is 30.4 Å². The second kappa shape index (κ2) is 7.97. The van der Waals surface area contributed by atoms with Crippen LogP contribution < -0.4 is 5.43 Å². The van der Waals surface area contributed by atoms with E-state index in [0.717, 1.165) is 10.6 Å². The number of rotatable bonds is 4. The number of carbonyl (C=O) groups is 2. The van der Waals surface area contributed by atoms with E-state index in [0.29, 0.717) is 0 Å². The van der Waals surface area contributed by atoms with E-state index >= 15 is 0 Å². The summed E-state index contributed by atoms with van der Waals surface area (Å²) < 4.78 is 9.61. The minimum atomic E-state index is -0.688. The number of benzene rings is 1. The summed E-state index contributed by atoms with van der Waals surface area (Å²) in [5, 5.41) is 1.08. The summed E-state index contributed by atoms with van der Waals surface area (Å²) in [7, 11) is 0. The Morgan fingerprint density at radius 3 is 2.32 bits per heavy atom. The molecule has 0 aliphatic rings. The second-order valence-electron chi connectivity index (χ2n) is 3.60. The Morgan fingerprint density at radius 2 is 1.74 bits per heavy atom. The van der Waals surface area contributed by atoms with E-state index in [-0.39, 0.29) is 19.8 Å². The van der Waals surface area contributed by atoms with Crippen LogP contribution in [0.1, 0.15) is 19.4 Å². The van der Waals surface area contributed by atoms with Crippen LogP contribution in [0.3, 0.4) is 0 Å². The molecule has 6 heteroatoms. The van der Waals surface area contributed by atoms with Crippen LogP contribution in [0.2, 0.25) is 0 Å². The van der Waals surface area contributed by atoms with E-state index in [1.807, 2.05) is 30.3 Å². The molecular formula is C13H18N2O4. The lowest BCUT2D eigenvalue weighted by Crippen LogP contribution is -2.46. The second-order valence-corrected chi connectivity index (χ2v) is 3.60. The average molecular weight is 266 g/mol. The molecule has 0 bridgehead atoms.